The Hall–Kier alpha value is -1.82. The number of fused-ring (bicyclic) bond motifs is 1. The fourth-order valence-corrected chi connectivity index (χ4v) is 7.29. The Morgan fingerprint density at radius 1 is 1.08 bits per heavy atom. The van der Waals surface area contributed by atoms with Gasteiger partial charge in [-0.15, -0.1) is 11.6 Å². The van der Waals surface area contributed by atoms with Crippen molar-refractivity contribution in [3.05, 3.63) is 33.6 Å². The fourth-order valence-electron chi connectivity index (χ4n) is 7.04. The first kappa shape index (κ1) is 30.1. The van der Waals surface area contributed by atoms with Crippen molar-refractivity contribution < 1.29 is 9.53 Å². The van der Waals surface area contributed by atoms with Gasteiger partial charge in [-0.05, 0) is 72.7 Å². The topological polar surface area (TPSA) is 76.5 Å². The first-order valence-electron chi connectivity index (χ1n) is 15.1. The summed E-state index contributed by atoms with van der Waals surface area (Å²) in [6.45, 7) is 20.1. The number of hydrogen-bond donors (Lipinski definition) is 1. The standard InChI is InChI=1S/C32H50ClN3O3/c1-18(2)14-25-34-28-26(22(17-36(28)30(38)35-25)20-10-12-21(33)13-11-20)29(37)39-27-23(31(4,5)6)15-19(3)16-24(27)32(7,8)9/h17-21,23-24,27H,10-16H2,1-9H3,(H,34,35,38). The summed E-state index contributed by atoms with van der Waals surface area (Å²) in [6, 6.07) is 0. The average molecular weight is 560 g/mol. The molecule has 0 aromatic carbocycles. The number of ether oxygens (including phenoxy) is 1. The Morgan fingerprint density at radius 3 is 2.15 bits per heavy atom. The molecule has 2 aromatic heterocycles. The molecule has 2 unspecified atom stereocenters. The summed E-state index contributed by atoms with van der Waals surface area (Å²) in [4.78, 5) is 35.3. The molecule has 0 aliphatic heterocycles. The minimum atomic E-state index is -0.336. The second-order valence-electron chi connectivity index (χ2n) is 15.1. The van der Waals surface area contributed by atoms with Gasteiger partial charge in [0.2, 0.25) is 0 Å². The molecule has 39 heavy (non-hydrogen) atoms. The molecule has 0 radical (unpaired) electrons. The number of aromatic amines is 1. The van der Waals surface area contributed by atoms with E-state index in [1.54, 1.807) is 0 Å². The molecule has 218 valence electrons. The lowest BCUT2D eigenvalue weighted by Crippen LogP contribution is -2.49. The van der Waals surface area contributed by atoms with Crippen molar-refractivity contribution in [3.8, 4) is 0 Å². The Morgan fingerprint density at radius 2 is 1.64 bits per heavy atom. The van der Waals surface area contributed by atoms with E-state index in [2.05, 4.69) is 67.3 Å². The van der Waals surface area contributed by atoms with E-state index in [1.807, 2.05) is 6.20 Å². The molecule has 0 amide bonds. The predicted molar refractivity (Wildman–Crippen MR) is 159 cm³/mol. The van der Waals surface area contributed by atoms with Crippen molar-refractivity contribution in [1.82, 2.24) is 14.4 Å². The zero-order chi connectivity index (χ0) is 28.9. The number of hydrogen-bond acceptors (Lipinski definition) is 4. The summed E-state index contributed by atoms with van der Waals surface area (Å²) >= 11 is 6.44. The van der Waals surface area contributed by atoms with Crippen molar-refractivity contribution >= 4 is 23.2 Å². The number of carbonyl (C=O) groups excluding carboxylic acids is 1. The summed E-state index contributed by atoms with van der Waals surface area (Å²) in [5, 5.41) is 0.164. The van der Waals surface area contributed by atoms with Crippen LogP contribution in [0.15, 0.2) is 11.0 Å². The molecule has 2 atom stereocenters. The number of nitrogens with one attached hydrogen (secondary N) is 1. The monoisotopic (exact) mass is 559 g/mol. The lowest BCUT2D eigenvalue weighted by molar-refractivity contribution is -0.0923. The van der Waals surface area contributed by atoms with Crippen LogP contribution in [-0.4, -0.2) is 31.8 Å². The Labute approximate surface area is 239 Å². The summed E-state index contributed by atoms with van der Waals surface area (Å²) in [6.07, 6.45) is 7.91. The largest absolute Gasteiger partial charge is 0.458 e. The Kier molecular flexibility index (Phi) is 8.67. The number of alkyl halides is 1. The van der Waals surface area contributed by atoms with E-state index in [4.69, 9.17) is 21.3 Å². The van der Waals surface area contributed by atoms with Gasteiger partial charge in [0.15, 0.2) is 5.65 Å². The van der Waals surface area contributed by atoms with Gasteiger partial charge in [-0.2, -0.15) is 0 Å². The lowest BCUT2D eigenvalue weighted by atomic mass is 9.59. The molecule has 0 bridgehead atoms. The summed E-state index contributed by atoms with van der Waals surface area (Å²) in [5.74, 6) is 1.81. The predicted octanol–water partition coefficient (Wildman–Crippen LogP) is 7.77. The summed E-state index contributed by atoms with van der Waals surface area (Å²) in [7, 11) is 0. The van der Waals surface area contributed by atoms with Crippen LogP contribution < -0.4 is 5.69 Å². The van der Waals surface area contributed by atoms with Crippen LogP contribution in [0.3, 0.4) is 0 Å². The van der Waals surface area contributed by atoms with Gasteiger partial charge in [-0.1, -0.05) is 62.3 Å². The molecule has 2 aliphatic carbocycles. The number of rotatable bonds is 5. The van der Waals surface area contributed by atoms with Crippen LogP contribution in [0.5, 0.6) is 0 Å². The quantitative estimate of drug-likeness (QED) is 0.300. The molecule has 0 spiro atoms. The number of halogens is 1. The molecule has 0 saturated heterocycles. The highest BCUT2D eigenvalue weighted by Crippen LogP contribution is 2.50. The van der Waals surface area contributed by atoms with Gasteiger partial charge < -0.3 is 4.74 Å². The van der Waals surface area contributed by atoms with Gasteiger partial charge >= 0.3 is 11.7 Å². The maximum atomic E-state index is 14.4. The minimum Gasteiger partial charge on any atom is -0.458 e. The van der Waals surface area contributed by atoms with Crippen molar-refractivity contribution in [3.63, 3.8) is 0 Å². The fraction of sp³-hybridized carbons (Fsp3) is 0.781. The molecule has 2 heterocycles. The smallest absolute Gasteiger partial charge is 0.342 e. The summed E-state index contributed by atoms with van der Waals surface area (Å²) < 4.78 is 8.18. The molecule has 7 heteroatoms. The Bertz CT molecular complexity index is 1200. The van der Waals surface area contributed by atoms with E-state index >= 15 is 0 Å². The van der Waals surface area contributed by atoms with Gasteiger partial charge in [-0.3, -0.25) is 9.38 Å². The third kappa shape index (κ3) is 6.57. The van der Waals surface area contributed by atoms with Gasteiger partial charge in [0, 0.05) is 29.8 Å². The molecule has 2 fully saturated rings. The van der Waals surface area contributed by atoms with E-state index in [-0.39, 0.29) is 51.7 Å². The number of H-pyrrole nitrogens is 1. The number of carbonyl (C=O) groups is 1. The van der Waals surface area contributed by atoms with Gasteiger partial charge in [-0.25, -0.2) is 14.6 Å². The van der Waals surface area contributed by atoms with Gasteiger partial charge in [0.1, 0.15) is 17.5 Å². The van der Waals surface area contributed by atoms with E-state index in [1.165, 1.54) is 4.40 Å². The second-order valence-corrected chi connectivity index (χ2v) is 15.7. The van der Waals surface area contributed by atoms with Crippen LogP contribution >= 0.6 is 11.6 Å². The molecule has 2 saturated carbocycles. The van der Waals surface area contributed by atoms with Crippen LogP contribution in [-0.2, 0) is 11.2 Å². The summed E-state index contributed by atoms with van der Waals surface area (Å²) in [5.41, 5.74) is 1.51. The van der Waals surface area contributed by atoms with Crippen LogP contribution in [0.4, 0.5) is 0 Å². The maximum Gasteiger partial charge on any atom is 0.342 e. The van der Waals surface area contributed by atoms with E-state index in [9.17, 15) is 9.59 Å². The normalized spacial score (nSPS) is 28.7. The molecule has 1 N–H and O–H groups in total. The van der Waals surface area contributed by atoms with E-state index in [0.29, 0.717) is 35.3 Å². The first-order valence-corrected chi connectivity index (χ1v) is 15.5. The third-order valence-corrected chi connectivity index (χ3v) is 9.63. The average Bonchev–Trinajstić information content (AvgIpc) is 3.18. The second kappa shape index (κ2) is 11.2. The molecule has 6 nitrogen and oxygen atoms in total. The van der Waals surface area contributed by atoms with E-state index in [0.717, 1.165) is 44.1 Å². The molecular weight excluding hydrogens is 510 g/mol. The number of aromatic nitrogens is 3. The van der Waals surface area contributed by atoms with Crippen LogP contribution in [0.2, 0.25) is 0 Å². The van der Waals surface area contributed by atoms with Crippen LogP contribution in [0.1, 0.15) is 129 Å². The zero-order valence-corrected chi connectivity index (χ0v) is 26.3. The minimum absolute atomic E-state index is 0.00659. The van der Waals surface area contributed by atoms with Crippen molar-refractivity contribution in [2.45, 2.75) is 125 Å². The van der Waals surface area contributed by atoms with Crippen molar-refractivity contribution in [2.75, 3.05) is 0 Å². The van der Waals surface area contributed by atoms with Crippen LogP contribution in [0, 0.1) is 34.5 Å². The maximum absolute atomic E-state index is 14.4. The SMILES string of the molecule is CC(C)Cc1nc2c(C(=O)OC3C(C(C)(C)C)CC(C)CC3C(C)(C)C)c(C3CCC(Cl)CC3)cn2c(=O)[nH]1. The molecule has 4 rings (SSSR count). The molecule has 2 aliphatic rings. The number of esters is 1. The van der Waals surface area contributed by atoms with Gasteiger partial charge in [0.25, 0.3) is 0 Å². The first-order chi connectivity index (χ1) is 18.1. The van der Waals surface area contributed by atoms with Crippen molar-refractivity contribution in [2.24, 2.45) is 34.5 Å². The molecule has 2 aromatic rings. The Balaban J connectivity index is 1.82. The third-order valence-electron chi connectivity index (χ3n) is 9.20. The van der Waals surface area contributed by atoms with E-state index < -0.39 is 0 Å². The zero-order valence-electron chi connectivity index (χ0n) is 25.6. The number of nitrogens with zero attached hydrogens (tertiary/aromatic N) is 2. The highest BCUT2D eigenvalue weighted by Gasteiger charge is 2.48. The highest BCUT2D eigenvalue weighted by atomic mass is 35.5. The highest BCUT2D eigenvalue weighted by molar-refractivity contribution is 6.20. The van der Waals surface area contributed by atoms with Crippen molar-refractivity contribution in [1.29, 1.82) is 0 Å². The van der Waals surface area contributed by atoms with Gasteiger partial charge in [0.05, 0.1) is 0 Å². The molecular formula is C32H50ClN3O3. The lowest BCUT2D eigenvalue weighted by Gasteiger charge is -2.50. The van der Waals surface area contributed by atoms with Crippen LogP contribution in [0.25, 0.3) is 5.65 Å².